The van der Waals surface area contributed by atoms with Crippen LogP contribution in [0.5, 0.6) is 0 Å². The first-order valence-electron chi connectivity index (χ1n) is 26.1. The average molecular weight is 996 g/mol. The van der Waals surface area contributed by atoms with E-state index in [0.29, 0.717) is 0 Å². The number of nitrogens with zero attached hydrogens (tertiary/aromatic N) is 5. The first kappa shape index (κ1) is 46.4. The van der Waals surface area contributed by atoms with E-state index >= 15 is 0 Å². The molecule has 0 spiro atoms. The van der Waals surface area contributed by atoms with E-state index in [9.17, 15) is 0 Å². The minimum absolute atomic E-state index is 0.0588. The molecule has 1 unspecified atom stereocenters. The Morgan fingerprint density at radius 1 is 0.447 bits per heavy atom. The van der Waals surface area contributed by atoms with E-state index in [1.54, 1.807) is 0 Å². The van der Waals surface area contributed by atoms with Gasteiger partial charge < -0.3 is 14.7 Å². The third-order valence-corrected chi connectivity index (χ3v) is 15.8. The Morgan fingerprint density at radius 3 is 1.80 bits per heavy atom. The van der Waals surface area contributed by atoms with Crippen LogP contribution < -0.4 is 24.5 Å². The van der Waals surface area contributed by atoms with Crippen molar-refractivity contribution in [2.45, 2.75) is 25.3 Å². The van der Waals surface area contributed by atoms with Gasteiger partial charge in [-0.1, -0.05) is 152 Å². The molecule has 364 valence electrons. The molecule has 3 heterocycles. The topological polar surface area (TPSA) is 35.5 Å². The summed E-state index contributed by atoms with van der Waals surface area (Å²) in [6.07, 6.45) is 15.8. The number of pyridine rings is 2. The molecular formula is C70H53N5S. The number of fused-ring (bicyclic) bond motifs is 3. The maximum atomic E-state index is 4.84. The number of thiophene rings is 1. The molecular weight excluding hydrogens is 943 g/mol. The van der Waals surface area contributed by atoms with Crippen LogP contribution in [0.4, 0.5) is 39.8 Å². The van der Waals surface area contributed by atoms with Crippen molar-refractivity contribution in [2.24, 2.45) is 0 Å². The number of anilines is 7. The van der Waals surface area contributed by atoms with Crippen LogP contribution >= 0.6 is 11.3 Å². The molecule has 13 rings (SSSR count). The Balaban J connectivity index is 0.947. The fraction of sp³-hybridized carbons (Fsp3) is 0.0571. The lowest BCUT2D eigenvalue weighted by atomic mass is 9.95. The van der Waals surface area contributed by atoms with Gasteiger partial charge in [-0.2, -0.15) is 0 Å². The molecule has 6 heteroatoms. The van der Waals surface area contributed by atoms with Gasteiger partial charge in [0.2, 0.25) is 0 Å². The van der Waals surface area contributed by atoms with Gasteiger partial charge in [-0.05, 0) is 156 Å². The zero-order valence-corrected chi connectivity index (χ0v) is 42.7. The summed E-state index contributed by atoms with van der Waals surface area (Å²) in [6, 6.07) is 87.1. The average Bonchev–Trinajstić information content (AvgIpc) is 3.91. The van der Waals surface area contributed by atoms with E-state index in [1.165, 1.54) is 47.8 Å². The lowest BCUT2D eigenvalue weighted by Gasteiger charge is -2.38. The summed E-state index contributed by atoms with van der Waals surface area (Å²) in [5, 5.41) is 2.70. The van der Waals surface area contributed by atoms with Crippen LogP contribution in [0.15, 0.2) is 279 Å². The molecule has 2 aliphatic rings. The molecule has 1 atom stereocenters. The molecule has 2 aliphatic carbocycles. The van der Waals surface area contributed by atoms with E-state index in [1.807, 2.05) is 41.9 Å². The van der Waals surface area contributed by atoms with Crippen LogP contribution in [0, 0.1) is 0 Å². The summed E-state index contributed by atoms with van der Waals surface area (Å²) in [5.74, 6) is 0. The van der Waals surface area contributed by atoms with Gasteiger partial charge in [0.1, 0.15) is 0 Å². The van der Waals surface area contributed by atoms with Crippen molar-refractivity contribution in [1.29, 1.82) is 0 Å². The highest BCUT2D eigenvalue weighted by Gasteiger charge is 2.28. The second-order valence-corrected chi connectivity index (χ2v) is 20.3. The number of rotatable bonds is 13. The first-order valence-corrected chi connectivity index (χ1v) is 26.9. The molecule has 76 heavy (non-hydrogen) atoms. The summed E-state index contributed by atoms with van der Waals surface area (Å²) in [6.45, 7) is 0. The standard InChI is InChI=1S/C70H53N5S/c1-4-20-50(21-5-1)52-40-43-69-65(47-52)63-34-19-33-62(70(63)76-69)53-22-16-27-57(46-53)74(59-29-17-28-58(48-59)73(54-23-6-2-7-24-54)56-41-38-51(39-42-56)66-35-12-14-44-71-66)60-30-18-31-61(49-60)75(55-25-8-3-9-26-55)68-37-11-10-32-64(68)67-36-13-15-45-72-67/h1-18,20-32,34-47,49,59H,19,33,48H2. The molecule has 0 fully saturated rings. The van der Waals surface area contributed by atoms with Crippen LogP contribution in [-0.2, 0) is 0 Å². The molecule has 0 amide bonds. The van der Waals surface area contributed by atoms with Gasteiger partial charge >= 0.3 is 0 Å². The predicted molar refractivity (Wildman–Crippen MR) is 320 cm³/mol. The number of hydrogen-bond donors (Lipinski definition) is 0. The van der Waals surface area contributed by atoms with Crippen molar-refractivity contribution in [2.75, 3.05) is 14.7 Å². The van der Waals surface area contributed by atoms with E-state index in [4.69, 9.17) is 4.98 Å². The Morgan fingerprint density at radius 2 is 1.05 bits per heavy atom. The third kappa shape index (κ3) is 9.21. The molecule has 8 aromatic carbocycles. The van der Waals surface area contributed by atoms with Crippen LogP contribution in [-0.4, -0.2) is 16.0 Å². The minimum Gasteiger partial charge on any atom is -0.334 e. The van der Waals surface area contributed by atoms with Gasteiger partial charge in [-0.25, -0.2) is 0 Å². The zero-order valence-electron chi connectivity index (χ0n) is 41.9. The van der Waals surface area contributed by atoms with E-state index in [0.717, 1.165) is 81.6 Å². The molecule has 0 bridgehead atoms. The van der Waals surface area contributed by atoms with Crippen molar-refractivity contribution in [3.8, 4) is 33.6 Å². The van der Waals surface area contributed by atoms with Crippen molar-refractivity contribution in [3.63, 3.8) is 0 Å². The highest BCUT2D eigenvalue weighted by molar-refractivity contribution is 7.17. The van der Waals surface area contributed by atoms with Crippen LogP contribution in [0.2, 0.25) is 0 Å². The van der Waals surface area contributed by atoms with Crippen molar-refractivity contribution >= 4 is 72.9 Å². The van der Waals surface area contributed by atoms with Crippen molar-refractivity contribution in [3.05, 3.63) is 294 Å². The molecule has 3 aromatic heterocycles. The van der Waals surface area contributed by atoms with Crippen molar-refractivity contribution < 1.29 is 0 Å². The molecule has 11 aromatic rings. The zero-order chi connectivity index (χ0) is 50.6. The van der Waals surface area contributed by atoms with E-state index in [2.05, 4.69) is 268 Å². The smallest absolute Gasteiger partial charge is 0.0723 e. The fourth-order valence-electron chi connectivity index (χ4n) is 11.0. The number of benzene rings is 8. The Hall–Kier alpha value is -9.36. The van der Waals surface area contributed by atoms with E-state index < -0.39 is 0 Å². The van der Waals surface area contributed by atoms with Crippen LogP contribution in [0.3, 0.4) is 0 Å². The van der Waals surface area contributed by atoms with Gasteiger partial charge in [-0.3, -0.25) is 9.97 Å². The molecule has 0 saturated heterocycles. The van der Waals surface area contributed by atoms with Crippen LogP contribution in [0.25, 0.3) is 55.4 Å². The number of allylic oxidation sites excluding steroid dienone is 2. The largest absolute Gasteiger partial charge is 0.334 e. The molecule has 0 N–H and O–H groups in total. The third-order valence-electron chi connectivity index (χ3n) is 14.5. The molecule has 0 saturated carbocycles. The van der Waals surface area contributed by atoms with E-state index in [-0.39, 0.29) is 6.04 Å². The lowest BCUT2D eigenvalue weighted by Crippen LogP contribution is -2.34. The normalized spacial score (nSPS) is 13.9. The Kier molecular flexibility index (Phi) is 12.7. The SMILES string of the molecule is C1=CC(N(c2cccc(C3=c4sc5ccc(-c6ccccc6)cc5c4=CCC3)c2)c2cccc(N(c3ccccc3)c3ccccc3-c3ccccn3)c2)CC(N(c2ccccc2)c2ccc(-c3ccccn3)cc2)=C1. The number of aromatic nitrogens is 2. The second kappa shape index (κ2) is 20.9. The summed E-state index contributed by atoms with van der Waals surface area (Å²) < 4.78 is 2.70. The second-order valence-electron chi connectivity index (χ2n) is 19.2. The molecule has 0 aliphatic heterocycles. The van der Waals surface area contributed by atoms with Gasteiger partial charge in [-0.15, -0.1) is 11.3 Å². The highest BCUT2D eigenvalue weighted by atomic mass is 32.1. The van der Waals surface area contributed by atoms with Gasteiger partial charge in [0.25, 0.3) is 0 Å². The van der Waals surface area contributed by atoms with Crippen LogP contribution in [0.1, 0.15) is 24.8 Å². The Labute approximate surface area is 448 Å². The van der Waals surface area contributed by atoms with Gasteiger partial charge in [0.15, 0.2) is 0 Å². The lowest BCUT2D eigenvalue weighted by molar-refractivity contribution is 0.745. The van der Waals surface area contributed by atoms with Gasteiger partial charge in [0.05, 0.1) is 23.1 Å². The number of hydrogen-bond acceptors (Lipinski definition) is 6. The summed E-state index contributed by atoms with van der Waals surface area (Å²) in [5.41, 5.74) is 17.9. The maximum Gasteiger partial charge on any atom is 0.0723 e. The quantitative estimate of drug-likeness (QED) is 0.115. The van der Waals surface area contributed by atoms with Crippen molar-refractivity contribution in [1.82, 2.24) is 9.97 Å². The predicted octanol–water partition coefficient (Wildman–Crippen LogP) is 17.1. The highest BCUT2D eigenvalue weighted by Crippen LogP contribution is 2.44. The summed E-state index contributed by atoms with van der Waals surface area (Å²) in [7, 11) is 0. The fourth-order valence-corrected chi connectivity index (χ4v) is 12.3. The minimum atomic E-state index is -0.0588. The maximum absolute atomic E-state index is 4.84. The monoisotopic (exact) mass is 995 g/mol. The summed E-state index contributed by atoms with van der Waals surface area (Å²) >= 11 is 1.92. The van der Waals surface area contributed by atoms with Gasteiger partial charge in [0, 0.05) is 84.4 Å². The first-order chi connectivity index (χ1) is 37.7. The number of para-hydroxylation sites is 3. The molecule has 5 nitrogen and oxygen atoms in total. The summed E-state index contributed by atoms with van der Waals surface area (Å²) in [4.78, 5) is 16.8. The molecule has 0 radical (unpaired) electrons. The Bertz CT molecular complexity index is 4020.